The summed E-state index contributed by atoms with van der Waals surface area (Å²) in [5.74, 6) is -2.56. The van der Waals surface area contributed by atoms with Crippen LogP contribution in [0.3, 0.4) is 0 Å². The van der Waals surface area contributed by atoms with Crippen molar-refractivity contribution in [1.29, 1.82) is 10.7 Å². The minimum atomic E-state index is -1.14. The molecule has 9 aromatic rings. The average molecular weight is 1010 g/mol. The molecule has 0 saturated heterocycles. The van der Waals surface area contributed by atoms with Gasteiger partial charge in [-0.1, -0.05) is 60.7 Å². The first-order valence-corrected chi connectivity index (χ1v) is 26.1. The molecule has 0 radical (unpaired) electrons. The second-order valence-electron chi connectivity index (χ2n) is 18.5. The number of nitrogens with one attached hydrogen (secondary N) is 1. The van der Waals surface area contributed by atoms with Crippen LogP contribution >= 0.6 is 22.7 Å². The molecule has 13 nitrogen and oxygen atoms in total. The molecule has 0 aliphatic carbocycles. The van der Waals surface area contributed by atoms with Gasteiger partial charge in [-0.05, 0) is 117 Å². The number of aromatic nitrogens is 2. The Labute approximate surface area is 427 Å². The first kappa shape index (κ1) is 47.2. The van der Waals surface area contributed by atoms with Crippen molar-refractivity contribution < 1.29 is 34.1 Å². The Bertz CT molecular complexity index is 3740. The monoisotopic (exact) mass is 1000 g/mol. The van der Waals surface area contributed by atoms with Gasteiger partial charge in [0.2, 0.25) is 5.55 Å². The van der Waals surface area contributed by atoms with E-state index >= 15 is 0 Å². The summed E-state index contributed by atoms with van der Waals surface area (Å²) in [6.45, 7) is 4.04. The van der Waals surface area contributed by atoms with Gasteiger partial charge in [0.25, 0.3) is 0 Å². The number of hydrogen-bond acceptors (Lipinski definition) is 13. The van der Waals surface area contributed by atoms with E-state index in [0.29, 0.717) is 28.1 Å². The highest BCUT2D eigenvalue weighted by molar-refractivity contribution is 7.21. The second-order valence-corrected chi connectivity index (χ2v) is 20.6. The molecule has 4 N–H and O–H groups in total. The largest absolute Gasteiger partial charge is 0.507 e. The molecule has 7 heterocycles. The summed E-state index contributed by atoms with van der Waals surface area (Å²) < 4.78 is 8.51. The highest BCUT2D eigenvalue weighted by atomic mass is 32.1. The number of carboxylic acids is 2. The normalized spacial score (nSPS) is 14.3. The van der Waals surface area contributed by atoms with Crippen LogP contribution in [0, 0.1) is 16.7 Å². The van der Waals surface area contributed by atoms with Gasteiger partial charge in [0.1, 0.15) is 21.3 Å². The number of aromatic carboxylic acids is 2. The Morgan fingerprint density at radius 3 is 1.84 bits per heavy atom. The van der Waals surface area contributed by atoms with Gasteiger partial charge in [-0.3, -0.25) is 10.2 Å². The highest BCUT2D eigenvalue weighted by Gasteiger charge is 2.32. The predicted octanol–water partition coefficient (Wildman–Crippen LogP) is 11.6. The van der Waals surface area contributed by atoms with Crippen LogP contribution in [0.2, 0.25) is 0 Å². The van der Waals surface area contributed by atoms with Crippen LogP contribution in [-0.2, 0) is 32.1 Å². The number of aryl methyl sites for hydroxylation is 3. The van der Waals surface area contributed by atoms with E-state index in [1.165, 1.54) is 34.7 Å². The zero-order valence-electron chi connectivity index (χ0n) is 39.6. The lowest BCUT2D eigenvalue weighted by atomic mass is 9.86. The standard InChI is InChI=1S/C29H23N3O3S.C20H19NO4.C9H6N2S/c30-27-24(28-31-21-11-3-4-12-22(21)36-28)23(17-8-1-2-9-18(17)29(33)34)20-15-16-7-5-13-32-14-6-10-19(25(16)32)26(20)35-27;22-18(13-6-1-2-7-14(13)20(24)25)16-11-12-5-3-9-21-10-4-8-15(17(12)21)19(16)23;10-6-5-9-11-7-3-1-2-4-8(7)12-9/h1-4,8-9,11-12,15,30H,5-7,10,13-14H2,(H,33,34);1-2,6-7,11,23H,3-5,8-10H2,(H,24,25);1-4H,5H2. The molecule has 0 fully saturated rings. The number of nitrogens with zero attached hydrogens (tertiary/aromatic N) is 5. The Balaban J connectivity index is 0.000000134. The summed E-state index contributed by atoms with van der Waals surface area (Å²) >= 11 is 3.09. The van der Waals surface area contributed by atoms with E-state index < -0.39 is 17.7 Å². The number of carbonyl (C=O) groups is 3. The van der Waals surface area contributed by atoms with Crippen molar-refractivity contribution in [3.05, 3.63) is 164 Å². The Hall–Kier alpha value is -8.19. The van der Waals surface area contributed by atoms with Crippen LogP contribution < -0.4 is 15.4 Å². The van der Waals surface area contributed by atoms with E-state index in [-0.39, 0.29) is 33.6 Å². The van der Waals surface area contributed by atoms with Crippen LogP contribution in [0.4, 0.5) is 11.4 Å². The van der Waals surface area contributed by atoms with E-state index in [4.69, 9.17) is 20.1 Å². The van der Waals surface area contributed by atoms with Crippen LogP contribution in [0.15, 0.2) is 114 Å². The van der Waals surface area contributed by atoms with Gasteiger partial charge in [-0.2, -0.15) is 5.26 Å². The van der Waals surface area contributed by atoms with Gasteiger partial charge < -0.3 is 29.5 Å². The smallest absolute Gasteiger partial charge is 0.336 e. The molecule has 364 valence electrons. The van der Waals surface area contributed by atoms with E-state index in [0.717, 1.165) is 136 Å². The maximum atomic E-state index is 13.0. The molecule has 3 aromatic heterocycles. The quantitative estimate of drug-likeness (QED) is 0.110. The fourth-order valence-electron chi connectivity index (χ4n) is 11.0. The van der Waals surface area contributed by atoms with Gasteiger partial charge >= 0.3 is 11.9 Å². The van der Waals surface area contributed by atoms with E-state index in [1.54, 1.807) is 41.7 Å². The lowest BCUT2D eigenvalue weighted by Gasteiger charge is -2.37. The molecule has 6 aromatic carbocycles. The van der Waals surface area contributed by atoms with Gasteiger partial charge in [0, 0.05) is 65.2 Å². The minimum absolute atomic E-state index is 0.00976. The Morgan fingerprint density at radius 2 is 1.19 bits per heavy atom. The van der Waals surface area contributed by atoms with Crippen molar-refractivity contribution in [3.8, 4) is 33.5 Å². The number of carboxylic acid groups (broad SMARTS) is 2. The fraction of sp³-hybridized carbons (Fsp3) is 0.224. The number of fused-ring (bicyclic) bond motifs is 4. The molecule has 73 heavy (non-hydrogen) atoms. The molecule has 4 aliphatic heterocycles. The number of aromatic hydroxyl groups is 1. The van der Waals surface area contributed by atoms with Crippen molar-refractivity contribution in [2.24, 2.45) is 0 Å². The maximum Gasteiger partial charge on any atom is 0.336 e. The summed E-state index contributed by atoms with van der Waals surface area (Å²) in [7, 11) is 0. The molecular formula is C58H48N6O7S2. The number of carbonyl (C=O) groups excluding carboxylic acids is 1. The zero-order chi connectivity index (χ0) is 50.3. The van der Waals surface area contributed by atoms with Crippen molar-refractivity contribution in [3.63, 3.8) is 0 Å². The van der Waals surface area contributed by atoms with E-state index in [2.05, 4.69) is 26.9 Å². The summed E-state index contributed by atoms with van der Waals surface area (Å²) in [4.78, 5) is 50.6. The lowest BCUT2D eigenvalue weighted by Crippen LogP contribution is -2.34. The lowest BCUT2D eigenvalue weighted by molar-refractivity contribution is 0.0685. The average Bonchev–Trinajstić information content (AvgIpc) is 4.04. The first-order chi connectivity index (χ1) is 35.6. The van der Waals surface area contributed by atoms with E-state index in [1.807, 2.05) is 60.7 Å². The van der Waals surface area contributed by atoms with Crippen LogP contribution in [0.25, 0.3) is 53.1 Å². The third-order valence-corrected chi connectivity index (χ3v) is 16.2. The van der Waals surface area contributed by atoms with Gasteiger partial charge in [0.15, 0.2) is 5.78 Å². The van der Waals surface area contributed by atoms with Crippen molar-refractivity contribution in [2.75, 3.05) is 36.0 Å². The number of nitriles is 1. The highest BCUT2D eigenvalue weighted by Crippen LogP contribution is 2.47. The van der Waals surface area contributed by atoms with Crippen molar-refractivity contribution in [1.82, 2.24) is 9.97 Å². The number of para-hydroxylation sites is 2. The fourth-order valence-corrected chi connectivity index (χ4v) is 12.9. The van der Waals surface area contributed by atoms with E-state index in [9.17, 15) is 29.7 Å². The number of anilines is 2. The molecule has 13 rings (SSSR count). The van der Waals surface area contributed by atoms with Gasteiger partial charge in [-0.15, -0.1) is 22.7 Å². The molecule has 0 spiro atoms. The molecule has 0 unspecified atom stereocenters. The van der Waals surface area contributed by atoms with Crippen molar-refractivity contribution in [2.45, 2.75) is 57.8 Å². The Morgan fingerprint density at radius 1 is 0.644 bits per heavy atom. The summed E-state index contributed by atoms with van der Waals surface area (Å²) in [6, 6.07) is 35.1. The SMILES string of the molecule is N#CCc1nc2ccccc2s1.N=c1oc2c3c4c(cc2c(-c2ccccc2C(=O)O)c1-c1nc2ccccc2s1)CCCN4CCC3.O=C(O)c1ccccc1C(=O)c1cc2c3c(c1O)CCCN3CCC2. The topological polar surface area (TPSA) is 205 Å². The second kappa shape index (κ2) is 19.8. The third kappa shape index (κ3) is 8.76. The molecular weight excluding hydrogens is 957 g/mol. The molecule has 0 amide bonds. The van der Waals surface area contributed by atoms with Crippen LogP contribution in [0.1, 0.15) is 89.6 Å². The summed E-state index contributed by atoms with van der Waals surface area (Å²) in [5, 5.41) is 50.1. The van der Waals surface area contributed by atoms with Gasteiger partial charge in [0.05, 0.1) is 55.2 Å². The molecule has 15 heteroatoms. The summed E-state index contributed by atoms with van der Waals surface area (Å²) in [5.41, 5.74) is 11.6. The number of phenols is 1. The molecule has 0 atom stereocenters. The molecule has 0 bridgehead atoms. The predicted molar refractivity (Wildman–Crippen MR) is 285 cm³/mol. The number of thiazole rings is 2. The van der Waals surface area contributed by atoms with Crippen LogP contribution in [0.5, 0.6) is 5.75 Å². The summed E-state index contributed by atoms with van der Waals surface area (Å²) in [6.07, 6.45) is 8.01. The zero-order valence-corrected chi connectivity index (χ0v) is 41.2. The third-order valence-electron chi connectivity index (χ3n) is 14.1. The Kier molecular flexibility index (Phi) is 12.8. The maximum absolute atomic E-state index is 13.0. The number of ketones is 1. The molecule has 0 saturated carbocycles. The minimum Gasteiger partial charge on any atom is -0.507 e. The van der Waals surface area contributed by atoms with Crippen LogP contribution in [-0.4, -0.2) is 69.2 Å². The first-order valence-electron chi connectivity index (χ1n) is 24.4. The van der Waals surface area contributed by atoms with Crippen molar-refractivity contribution >= 4 is 83.2 Å². The van der Waals surface area contributed by atoms with Gasteiger partial charge in [-0.25, -0.2) is 19.6 Å². The number of hydrogen-bond donors (Lipinski definition) is 4. The number of phenolic OH excluding ortho intramolecular Hbond substituents is 1. The number of rotatable bonds is 7. The number of benzene rings is 6. The molecule has 4 aliphatic rings.